The summed E-state index contributed by atoms with van der Waals surface area (Å²) in [6.07, 6.45) is 1.99. The van der Waals surface area contributed by atoms with Gasteiger partial charge in [-0.05, 0) is 19.1 Å². The van der Waals surface area contributed by atoms with Crippen LogP contribution in [0.3, 0.4) is 0 Å². The second-order valence-electron chi connectivity index (χ2n) is 6.27. The average molecular weight is 391 g/mol. The number of carbonyl (C=O) groups is 1. The van der Waals surface area contributed by atoms with Crippen LogP contribution in [-0.4, -0.2) is 31.2 Å². The number of benzene rings is 1. The first kappa shape index (κ1) is 18.5. The van der Waals surface area contributed by atoms with E-state index in [-0.39, 0.29) is 25.3 Å². The molecule has 9 nitrogen and oxygen atoms in total. The van der Waals surface area contributed by atoms with Crippen LogP contribution in [0.1, 0.15) is 23.8 Å². The van der Waals surface area contributed by atoms with E-state index in [2.05, 4.69) is 25.3 Å². The van der Waals surface area contributed by atoms with Gasteiger partial charge in [0.25, 0.3) is 5.89 Å². The van der Waals surface area contributed by atoms with Gasteiger partial charge in [0, 0.05) is 18.2 Å². The summed E-state index contributed by atoms with van der Waals surface area (Å²) in [7, 11) is 0. The van der Waals surface area contributed by atoms with Gasteiger partial charge in [0.05, 0.1) is 6.42 Å². The fourth-order valence-electron chi connectivity index (χ4n) is 2.51. The molecule has 3 heterocycles. The molecule has 0 spiro atoms. The highest BCUT2D eigenvalue weighted by atomic mass is 16.6. The van der Waals surface area contributed by atoms with Crippen LogP contribution in [-0.2, 0) is 22.6 Å². The van der Waals surface area contributed by atoms with E-state index in [9.17, 15) is 4.79 Å². The summed E-state index contributed by atoms with van der Waals surface area (Å²) in [4.78, 5) is 24.6. The molecule has 0 N–H and O–H groups in total. The SMILES string of the molecule is Cc1ccc(-c2noc(COC(=O)CCc3nc(-c4ccccn4)no3)n2)cc1. The Labute approximate surface area is 165 Å². The molecule has 0 atom stereocenters. The third-order valence-electron chi connectivity index (χ3n) is 4.04. The Morgan fingerprint density at radius 2 is 1.72 bits per heavy atom. The lowest BCUT2D eigenvalue weighted by Crippen LogP contribution is -2.06. The molecule has 0 unspecified atom stereocenters. The smallest absolute Gasteiger partial charge is 0.306 e. The summed E-state index contributed by atoms with van der Waals surface area (Å²) in [6, 6.07) is 13.1. The van der Waals surface area contributed by atoms with E-state index in [4.69, 9.17) is 13.8 Å². The molecule has 0 radical (unpaired) electrons. The molecular weight excluding hydrogens is 374 g/mol. The van der Waals surface area contributed by atoms with E-state index < -0.39 is 5.97 Å². The molecule has 29 heavy (non-hydrogen) atoms. The van der Waals surface area contributed by atoms with Crippen LogP contribution in [0.15, 0.2) is 57.7 Å². The highest BCUT2D eigenvalue weighted by Crippen LogP contribution is 2.17. The van der Waals surface area contributed by atoms with Gasteiger partial charge in [0.1, 0.15) is 5.69 Å². The Morgan fingerprint density at radius 3 is 2.52 bits per heavy atom. The van der Waals surface area contributed by atoms with Gasteiger partial charge in [-0.1, -0.05) is 46.2 Å². The normalized spacial score (nSPS) is 10.8. The van der Waals surface area contributed by atoms with Crippen molar-refractivity contribution in [3.8, 4) is 22.9 Å². The van der Waals surface area contributed by atoms with Gasteiger partial charge in [-0.3, -0.25) is 9.78 Å². The second-order valence-corrected chi connectivity index (χ2v) is 6.27. The maximum Gasteiger partial charge on any atom is 0.306 e. The van der Waals surface area contributed by atoms with Crippen molar-refractivity contribution >= 4 is 5.97 Å². The van der Waals surface area contributed by atoms with Crippen molar-refractivity contribution in [2.75, 3.05) is 0 Å². The zero-order valence-electron chi connectivity index (χ0n) is 15.6. The Hall–Kier alpha value is -3.88. The van der Waals surface area contributed by atoms with Gasteiger partial charge in [0.15, 0.2) is 6.61 Å². The molecule has 0 fully saturated rings. The number of ether oxygens (including phenoxy) is 1. The number of aromatic nitrogens is 5. The minimum absolute atomic E-state index is 0.0861. The van der Waals surface area contributed by atoms with Crippen LogP contribution in [0.5, 0.6) is 0 Å². The predicted octanol–water partition coefficient (Wildman–Crippen LogP) is 3.17. The molecule has 146 valence electrons. The van der Waals surface area contributed by atoms with Crippen molar-refractivity contribution < 1.29 is 18.6 Å². The van der Waals surface area contributed by atoms with E-state index in [0.29, 0.717) is 23.2 Å². The lowest BCUT2D eigenvalue weighted by molar-refractivity contribution is -0.145. The number of nitrogens with zero attached hydrogens (tertiary/aromatic N) is 5. The minimum atomic E-state index is -0.433. The van der Waals surface area contributed by atoms with Gasteiger partial charge in [0.2, 0.25) is 17.5 Å². The van der Waals surface area contributed by atoms with Crippen molar-refractivity contribution in [2.45, 2.75) is 26.4 Å². The quantitative estimate of drug-likeness (QED) is 0.438. The summed E-state index contributed by atoms with van der Waals surface area (Å²) in [5.41, 5.74) is 2.57. The molecule has 0 bridgehead atoms. The van der Waals surface area contributed by atoms with Gasteiger partial charge >= 0.3 is 5.97 Å². The lowest BCUT2D eigenvalue weighted by Gasteiger charge is -1.99. The molecule has 0 aliphatic heterocycles. The number of esters is 1. The standard InChI is InChI=1S/C20H17N5O4/c1-13-5-7-14(8-6-13)19-23-17(29-24-19)12-27-18(26)10-9-16-22-20(25-28-16)15-4-2-3-11-21-15/h2-8,11H,9-10,12H2,1H3. The molecule has 3 aromatic heterocycles. The Kier molecular flexibility index (Phi) is 5.37. The topological polar surface area (TPSA) is 117 Å². The minimum Gasteiger partial charge on any atom is -0.456 e. The van der Waals surface area contributed by atoms with Crippen molar-refractivity contribution in [1.82, 2.24) is 25.3 Å². The fourth-order valence-corrected chi connectivity index (χ4v) is 2.51. The van der Waals surface area contributed by atoms with Crippen LogP contribution < -0.4 is 0 Å². The van der Waals surface area contributed by atoms with Gasteiger partial charge in [-0.2, -0.15) is 9.97 Å². The first-order chi connectivity index (χ1) is 14.2. The highest BCUT2D eigenvalue weighted by molar-refractivity contribution is 5.69. The van der Waals surface area contributed by atoms with Crippen molar-refractivity contribution in [3.63, 3.8) is 0 Å². The lowest BCUT2D eigenvalue weighted by atomic mass is 10.1. The number of pyridine rings is 1. The summed E-state index contributed by atoms with van der Waals surface area (Å²) in [5.74, 6) is 0.955. The van der Waals surface area contributed by atoms with E-state index >= 15 is 0 Å². The van der Waals surface area contributed by atoms with E-state index in [1.54, 1.807) is 18.3 Å². The first-order valence-corrected chi connectivity index (χ1v) is 8.96. The third kappa shape index (κ3) is 4.70. The maximum absolute atomic E-state index is 12.0. The van der Waals surface area contributed by atoms with E-state index in [1.807, 2.05) is 37.3 Å². The van der Waals surface area contributed by atoms with Crippen LogP contribution >= 0.6 is 0 Å². The predicted molar refractivity (Wildman–Crippen MR) is 100 cm³/mol. The van der Waals surface area contributed by atoms with E-state index in [0.717, 1.165) is 11.1 Å². The molecule has 0 aliphatic rings. The molecular formula is C20H17N5O4. The third-order valence-corrected chi connectivity index (χ3v) is 4.04. The average Bonchev–Trinajstić information content (AvgIpc) is 3.42. The molecule has 0 saturated heterocycles. The van der Waals surface area contributed by atoms with Gasteiger partial charge < -0.3 is 13.8 Å². The molecule has 0 amide bonds. The van der Waals surface area contributed by atoms with E-state index in [1.165, 1.54) is 0 Å². The zero-order valence-corrected chi connectivity index (χ0v) is 15.6. The van der Waals surface area contributed by atoms with Crippen LogP contribution in [0, 0.1) is 6.92 Å². The first-order valence-electron chi connectivity index (χ1n) is 8.96. The van der Waals surface area contributed by atoms with Gasteiger partial charge in [-0.25, -0.2) is 0 Å². The second kappa shape index (κ2) is 8.42. The summed E-state index contributed by atoms with van der Waals surface area (Å²) >= 11 is 0. The zero-order chi connectivity index (χ0) is 20.1. The number of carbonyl (C=O) groups excluding carboxylic acids is 1. The fraction of sp³-hybridized carbons (Fsp3) is 0.200. The Morgan fingerprint density at radius 1 is 0.966 bits per heavy atom. The van der Waals surface area contributed by atoms with Crippen LogP contribution in [0.4, 0.5) is 0 Å². The van der Waals surface area contributed by atoms with Crippen LogP contribution in [0.25, 0.3) is 22.9 Å². The van der Waals surface area contributed by atoms with Crippen LogP contribution in [0.2, 0.25) is 0 Å². The highest BCUT2D eigenvalue weighted by Gasteiger charge is 2.14. The molecule has 0 aliphatic carbocycles. The summed E-state index contributed by atoms with van der Waals surface area (Å²) in [6.45, 7) is 1.90. The molecule has 4 rings (SSSR count). The van der Waals surface area contributed by atoms with Crippen molar-refractivity contribution in [1.29, 1.82) is 0 Å². The number of hydrogen-bond acceptors (Lipinski definition) is 9. The molecule has 0 saturated carbocycles. The number of hydrogen-bond donors (Lipinski definition) is 0. The van der Waals surface area contributed by atoms with Crippen molar-refractivity contribution in [2.24, 2.45) is 0 Å². The number of rotatable bonds is 7. The number of aryl methyl sites for hydroxylation is 2. The summed E-state index contributed by atoms with van der Waals surface area (Å²) < 4.78 is 15.4. The Balaban J connectivity index is 1.27. The monoisotopic (exact) mass is 391 g/mol. The Bertz CT molecular complexity index is 1090. The maximum atomic E-state index is 12.0. The largest absolute Gasteiger partial charge is 0.456 e. The molecule has 4 aromatic rings. The molecule has 9 heteroatoms. The van der Waals surface area contributed by atoms with Gasteiger partial charge in [-0.15, -0.1) is 0 Å². The molecule has 1 aromatic carbocycles. The summed E-state index contributed by atoms with van der Waals surface area (Å²) in [5, 5.41) is 7.76. The van der Waals surface area contributed by atoms with Crippen molar-refractivity contribution in [3.05, 3.63) is 66.0 Å².